The molecule has 2 aromatic heterocycles. The molecule has 2 unspecified atom stereocenters. The van der Waals surface area contributed by atoms with Gasteiger partial charge >= 0.3 is 0 Å². The number of ether oxygens (including phenoxy) is 4. The van der Waals surface area contributed by atoms with Crippen LogP contribution in [0.4, 0.5) is 20.9 Å². The Morgan fingerprint density at radius 1 is 0.976 bits per heavy atom. The minimum atomic E-state index is -0.595. The summed E-state index contributed by atoms with van der Waals surface area (Å²) in [7, 11) is 4.27. The molecule has 0 saturated carbocycles. The zero-order valence-corrected chi connectivity index (χ0v) is 23.2. The largest absolute Gasteiger partial charge is 0.496 e. The van der Waals surface area contributed by atoms with Crippen molar-refractivity contribution in [1.29, 1.82) is 0 Å². The van der Waals surface area contributed by atoms with Crippen molar-refractivity contribution in [2.24, 2.45) is 0 Å². The number of nitrogens with zero attached hydrogens (tertiary/aromatic N) is 3. The van der Waals surface area contributed by atoms with E-state index in [9.17, 15) is 14.0 Å². The Morgan fingerprint density at radius 2 is 1.73 bits per heavy atom. The zero-order chi connectivity index (χ0) is 28.7. The predicted molar refractivity (Wildman–Crippen MR) is 151 cm³/mol. The number of anilines is 3. The second-order valence-corrected chi connectivity index (χ2v) is 10.5. The number of pyridine rings is 1. The van der Waals surface area contributed by atoms with Gasteiger partial charge in [-0.1, -0.05) is 11.3 Å². The summed E-state index contributed by atoms with van der Waals surface area (Å²) >= 11 is 1.42. The summed E-state index contributed by atoms with van der Waals surface area (Å²) in [5, 5.41) is 6.33. The maximum absolute atomic E-state index is 13.8. The Balaban J connectivity index is 1.33. The number of carbonyl (C=O) groups excluding carboxylic acids is 2. The smallest absolute Gasteiger partial charge is 0.261 e. The van der Waals surface area contributed by atoms with Crippen LogP contribution in [-0.4, -0.2) is 68.4 Å². The van der Waals surface area contributed by atoms with Gasteiger partial charge in [0, 0.05) is 12.1 Å². The normalized spacial score (nSPS) is 17.5. The minimum absolute atomic E-state index is 0.0705. The van der Waals surface area contributed by atoms with Crippen molar-refractivity contribution in [3.05, 3.63) is 59.5 Å². The number of morpholine rings is 1. The van der Waals surface area contributed by atoms with Crippen LogP contribution >= 0.6 is 11.3 Å². The maximum atomic E-state index is 13.8. The highest BCUT2D eigenvalue weighted by molar-refractivity contribution is 7.22. The fourth-order valence-electron chi connectivity index (χ4n) is 5.09. The summed E-state index contributed by atoms with van der Waals surface area (Å²) in [5.74, 6) is -0.951. The Kier molecular flexibility index (Phi) is 7.05. The molecule has 0 aliphatic carbocycles. The number of aromatic nitrogens is 2. The summed E-state index contributed by atoms with van der Waals surface area (Å²) in [6.07, 6.45) is 2.39. The molecule has 4 aromatic rings. The lowest BCUT2D eigenvalue weighted by molar-refractivity contribution is 0.0103. The molecule has 2 aromatic carbocycles. The van der Waals surface area contributed by atoms with E-state index in [0.29, 0.717) is 29.2 Å². The van der Waals surface area contributed by atoms with E-state index in [4.69, 9.17) is 23.9 Å². The first-order valence-corrected chi connectivity index (χ1v) is 13.6. The quantitative estimate of drug-likeness (QED) is 0.314. The lowest BCUT2D eigenvalue weighted by atomic mass is 9.92. The molecular weight excluding hydrogens is 553 g/mol. The third-order valence-corrected chi connectivity index (χ3v) is 8.22. The molecule has 11 nitrogen and oxygen atoms in total. The highest BCUT2D eigenvalue weighted by Crippen LogP contribution is 2.42. The molecule has 41 heavy (non-hydrogen) atoms. The Hall–Kier alpha value is -4.49. The van der Waals surface area contributed by atoms with Gasteiger partial charge in [0.25, 0.3) is 11.8 Å². The summed E-state index contributed by atoms with van der Waals surface area (Å²) in [6.45, 7) is 1.31. The van der Waals surface area contributed by atoms with Gasteiger partial charge in [0.1, 0.15) is 22.9 Å². The van der Waals surface area contributed by atoms with Gasteiger partial charge in [-0.3, -0.25) is 9.59 Å². The Morgan fingerprint density at radius 3 is 2.44 bits per heavy atom. The van der Waals surface area contributed by atoms with E-state index in [0.717, 1.165) is 17.6 Å². The number of hydrogen-bond acceptors (Lipinski definition) is 10. The molecule has 2 saturated heterocycles. The number of thiazole rings is 1. The van der Waals surface area contributed by atoms with E-state index < -0.39 is 17.6 Å². The number of amides is 2. The standard InChI is InChI=1S/C28H26FN5O6S/c1-37-21-7-6-19-25(41-28(33-19)34-15-9-16(34)13-40-12-15)24(21)27(36)32-20-11-30-23(39-3)10-17(20)26(35)31-18-5-4-14(29)8-22(18)38-2/h4-8,10-11,15-16H,9,12-13H2,1-3H3,(H,31,35)(H,32,36). The van der Waals surface area contributed by atoms with E-state index in [1.807, 2.05) is 6.07 Å². The van der Waals surface area contributed by atoms with Crippen LogP contribution in [-0.2, 0) is 4.74 Å². The van der Waals surface area contributed by atoms with E-state index in [1.54, 1.807) is 6.07 Å². The summed E-state index contributed by atoms with van der Waals surface area (Å²) in [6, 6.07) is 9.21. The molecule has 4 heterocycles. The lowest BCUT2D eigenvalue weighted by Gasteiger charge is -2.52. The van der Waals surface area contributed by atoms with Gasteiger partial charge in [0.2, 0.25) is 5.88 Å². The van der Waals surface area contributed by atoms with Crippen LogP contribution in [0.3, 0.4) is 0 Å². The third kappa shape index (κ3) is 4.87. The van der Waals surface area contributed by atoms with Crippen LogP contribution in [0.1, 0.15) is 27.1 Å². The molecule has 212 valence electrons. The van der Waals surface area contributed by atoms with Crippen molar-refractivity contribution in [3.63, 3.8) is 0 Å². The van der Waals surface area contributed by atoms with Crippen molar-refractivity contribution >= 4 is 49.9 Å². The molecule has 13 heteroatoms. The summed E-state index contributed by atoms with van der Waals surface area (Å²) in [5.41, 5.74) is 1.40. The van der Waals surface area contributed by atoms with E-state index >= 15 is 0 Å². The summed E-state index contributed by atoms with van der Waals surface area (Å²) in [4.78, 5) is 38.4. The van der Waals surface area contributed by atoms with E-state index in [2.05, 4.69) is 20.5 Å². The molecule has 0 radical (unpaired) electrons. The van der Waals surface area contributed by atoms with Crippen LogP contribution in [0.5, 0.6) is 17.4 Å². The molecule has 2 fully saturated rings. The first kappa shape index (κ1) is 26.7. The number of methoxy groups -OCH3 is 3. The van der Waals surface area contributed by atoms with Gasteiger partial charge in [-0.15, -0.1) is 0 Å². The molecule has 2 atom stereocenters. The number of benzene rings is 2. The predicted octanol–water partition coefficient (Wildman–Crippen LogP) is 4.34. The van der Waals surface area contributed by atoms with Crippen molar-refractivity contribution in [2.45, 2.75) is 18.5 Å². The molecule has 2 N–H and O–H groups in total. The van der Waals surface area contributed by atoms with E-state index in [-0.39, 0.29) is 46.2 Å². The van der Waals surface area contributed by atoms with Gasteiger partial charge in [-0.2, -0.15) is 0 Å². The van der Waals surface area contributed by atoms with Gasteiger partial charge < -0.3 is 34.5 Å². The fourth-order valence-corrected chi connectivity index (χ4v) is 6.33. The lowest BCUT2D eigenvalue weighted by Crippen LogP contribution is -2.64. The van der Waals surface area contributed by atoms with Crippen molar-refractivity contribution in [3.8, 4) is 17.4 Å². The number of fused-ring (bicyclic) bond motifs is 3. The average Bonchev–Trinajstić information content (AvgIpc) is 3.40. The molecule has 6 rings (SSSR count). The topological polar surface area (TPSA) is 124 Å². The first-order chi connectivity index (χ1) is 19.9. The molecule has 2 amide bonds. The SMILES string of the molecule is COc1cc(C(=O)Nc2ccc(F)cc2OC)c(NC(=O)c2c(OC)ccc3nc(N4C5COCC4C5)sc23)cn1. The number of halogens is 1. The average molecular weight is 580 g/mol. The number of rotatable bonds is 8. The highest BCUT2D eigenvalue weighted by atomic mass is 32.1. The first-order valence-electron chi connectivity index (χ1n) is 12.7. The monoisotopic (exact) mass is 579 g/mol. The number of hydrogen-bond donors (Lipinski definition) is 2. The molecule has 0 spiro atoms. The summed E-state index contributed by atoms with van der Waals surface area (Å²) < 4.78 is 35.9. The molecular formula is C28H26FN5O6S. The van der Waals surface area contributed by atoms with Crippen LogP contribution in [0.2, 0.25) is 0 Å². The Labute approximate surface area is 238 Å². The van der Waals surface area contributed by atoms with Gasteiger partial charge in [0.15, 0.2) is 5.13 Å². The van der Waals surface area contributed by atoms with Crippen molar-refractivity contribution < 1.29 is 32.9 Å². The molecule has 2 bridgehead atoms. The second-order valence-electron chi connectivity index (χ2n) is 9.50. The number of carbonyl (C=O) groups is 2. The van der Waals surface area contributed by atoms with Crippen LogP contribution in [0.25, 0.3) is 10.2 Å². The van der Waals surface area contributed by atoms with Crippen LogP contribution < -0.4 is 29.7 Å². The fraction of sp³-hybridized carbons (Fsp3) is 0.286. The maximum Gasteiger partial charge on any atom is 0.261 e. The van der Waals surface area contributed by atoms with Gasteiger partial charge in [-0.25, -0.2) is 14.4 Å². The van der Waals surface area contributed by atoms with Gasteiger partial charge in [-0.05, 0) is 30.7 Å². The van der Waals surface area contributed by atoms with Crippen LogP contribution in [0, 0.1) is 5.82 Å². The Bertz CT molecular complexity index is 1650. The number of nitrogens with one attached hydrogen (secondary N) is 2. The third-order valence-electron chi connectivity index (χ3n) is 7.12. The van der Waals surface area contributed by atoms with Crippen molar-refractivity contribution in [2.75, 3.05) is 50.1 Å². The van der Waals surface area contributed by atoms with E-state index in [1.165, 1.54) is 57.1 Å². The zero-order valence-electron chi connectivity index (χ0n) is 22.4. The molecule has 2 aliphatic heterocycles. The minimum Gasteiger partial charge on any atom is -0.496 e. The van der Waals surface area contributed by atoms with Crippen LogP contribution in [0.15, 0.2) is 42.6 Å². The molecule has 2 aliphatic rings. The van der Waals surface area contributed by atoms with Crippen molar-refractivity contribution in [1.82, 2.24) is 9.97 Å². The highest BCUT2D eigenvalue weighted by Gasteiger charge is 2.44. The second kappa shape index (κ2) is 10.8. The van der Waals surface area contributed by atoms with Gasteiger partial charge in [0.05, 0.1) is 80.0 Å².